The van der Waals surface area contributed by atoms with Gasteiger partial charge in [0.2, 0.25) is 0 Å². The van der Waals surface area contributed by atoms with Crippen LogP contribution in [0, 0.1) is 0 Å². The zero-order chi connectivity index (χ0) is 14.0. The van der Waals surface area contributed by atoms with Crippen molar-refractivity contribution in [3.8, 4) is 0 Å². The van der Waals surface area contributed by atoms with Gasteiger partial charge in [-0.15, -0.1) is 11.3 Å². The average molecular weight is 274 g/mol. The molecule has 0 aliphatic rings. The Bertz CT molecular complexity index is 522. The van der Waals surface area contributed by atoms with Crippen molar-refractivity contribution >= 4 is 11.3 Å². The molecule has 0 amide bonds. The van der Waals surface area contributed by atoms with Crippen LogP contribution in [0.5, 0.6) is 0 Å². The number of thiophene rings is 1. The van der Waals surface area contributed by atoms with Crippen molar-refractivity contribution in [3.05, 3.63) is 57.8 Å². The third-order valence-corrected chi connectivity index (χ3v) is 5.04. The van der Waals surface area contributed by atoms with Gasteiger partial charge >= 0.3 is 0 Å². The van der Waals surface area contributed by atoms with E-state index in [4.69, 9.17) is 0 Å². The van der Waals surface area contributed by atoms with Crippen LogP contribution in [0.15, 0.2) is 42.5 Å². The summed E-state index contributed by atoms with van der Waals surface area (Å²) in [7, 11) is 0. The molecule has 1 aromatic heterocycles. The van der Waals surface area contributed by atoms with Crippen LogP contribution in [-0.2, 0) is 5.41 Å². The molecule has 0 saturated carbocycles. The summed E-state index contributed by atoms with van der Waals surface area (Å²) in [4.78, 5) is 2.38. The van der Waals surface area contributed by atoms with Crippen LogP contribution < -0.4 is 0 Å². The van der Waals surface area contributed by atoms with Gasteiger partial charge in [0.1, 0.15) is 0 Å². The van der Waals surface area contributed by atoms with Gasteiger partial charge in [-0.25, -0.2) is 0 Å². The number of hydrogen-bond acceptors (Lipinski definition) is 2. The summed E-state index contributed by atoms with van der Waals surface area (Å²) in [6.45, 7) is 8.69. The molecule has 0 spiro atoms. The van der Waals surface area contributed by atoms with E-state index >= 15 is 0 Å². The number of aliphatic hydroxyl groups excluding tert-OH is 1. The van der Waals surface area contributed by atoms with Crippen molar-refractivity contribution < 1.29 is 5.11 Å². The van der Waals surface area contributed by atoms with E-state index in [9.17, 15) is 5.11 Å². The quantitative estimate of drug-likeness (QED) is 0.845. The lowest BCUT2D eigenvalue weighted by molar-refractivity contribution is 0.155. The number of rotatable bonds is 3. The summed E-state index contributed by atoms with van der Waals surface area (Å²) in [5.41, 5.74) is 1.33. The lowest BCUT2D eigenvalue weighted by Gasteiger charge is -2.19. The van der Waals surface area contributed by atoms with Gasteiger partial charge < -0.3 is 5.11 Å². The Labute approximate surface area is 119 Å². The van der Waals surface area contributed by atoms with Gasteiger partial charge in [0.15, 0.2) is 0 Å². The van der Waals surface area contributed by atoms with Crippen LogP contribution in [-0.4, -0.2) is 5.11 Å². The molecule has 1 aromatic carbocycles. The number of aliphatic hydroxyl groups is 1. The molecule has 0 aliphatic carbocycles. The highest BCUT2D eigenvalue weighted by Crippen LogP contribution is 2.37. The minimum absolute atomic E-state index is 0.118. The fourth-order valence-electron chi connectivity index (χ4n) is 2.10. The van der Waals surface area contributed by atoms with Crippen LogP contribution >= 0.6 is 11.3 Å². The molecule has 2 atom stereocenters. The molecular formula is C17H22OS. The second-order valence-corrected chi connectivity index (χ2v) is 7.21. The SMILES string of the molecule is CC(c1ccccc1)C(O)c1ccc(C(C)(C)C)s1. The average Bonchev–Trinajstić information content (AvgIpc) is 2.87. The Morgan fingerprint density at radius 2 is 1.63 bits per heavy atom. The smallest absolute Gasteiger partial charge is 0.0947 e. The summed E-state index contributed by atoms with van der Waals surface area (Å²) >= 11 is 1.72. The van der Waals surface area contributed by atoms with Crippen molar-refractivity contribution in [1.29, 1.82) is 0 Å². The van der Waals surface area contributed by atoms with Gasteiger partial charge in [-0.1, -0.05) is 58.0 Å². The predicted octanol–water partition coefficient (Wildman–Crippen LogP) is 4.88. The molecule has 1 heterocycles. The van der Waals surface area contributed by atoms with Crippen molar-refractivity contribution in [2.45, 2.75) is 45.1 Å². The molecule has 2 unspecified atom stereocenters. The maximum Gasteiger partial charge on any atom is 0.0947 e. The van der Waals surface area contributed by atoms with E-state index in [-0.39, 0.29) is 11.3 Å². The molecule has 1 N–H and O–H groups in total. The minimum atomic E-state index is -0.427. The van der Waals surface area contributed by atoms with Gasteiger partial charge in [-0.05, 0) is 23.1 Å². The van der Waals surface area contributed by atoms with Crippen LogP contribution in [0.4, 0.5) is 0 Å². The van der Waals surface area contributed by atoms with E-state index in [0.717, 1.165) is 4.88 Å². The number of hydrogen-bond donors (Lipinski definition) is 1. The Morgan fingerprint density at radius 1 is 1.00 bits per heavy atom. The summed E-state index contributed by atoms with van der Waals surface area (Å²) < 4.78 is 0. The first-order valence-corrected chi connectivity index (χ1v) is 7.54. The second-order valence-electron chi connectivity index (χ2n) is 6.10. The minimum Gasteiger partial charge on any atom is -0.387 e. The fraction of sp³-hybridized carbons (Fsp3) is 0.412. The van der Waals surface area contributed by atoms with Crippen molar-refractivity contribution in [2.75, 3.05) is 0 Å². The molecule has 0 fully saturated rings. The molecule has 2 aromatic rings. The maximum absolute atomic E-state index is 10.5. The fourth-order valence-corrected chi connectivity index (χ4v) is 3.26. The molecule has 0 radical (unpaired) electrons. The van der Waals surface area contributed by atoms with Crippen molar-refractivity contribution in [1.82, 2.24) is 0 Å². The zero-order valence-electron chi connectivity index (χ0n) is 12.1. The molecule has 2 heteroatoms. The first kappa shape index (κ1) is 14.3. The van der Waals surface area contributed by atoms with Crippen LogP contribution in [0.3, 0.4) is 0 Å². The van der Waals surface area contributed by atoms with Gasteiger partial charge in [-0.2, -0.15) is 0 Å². The highest BCUT2D eigenvalue weighted by atomic mass is 32.1. The Kier molecular flexibility index (Phi) is 4.12. The molecular weight excluding hydrogens is 252 g/mol. The van der Waals surface area contributed by atoms with Gasteiger partial charge in [-0.3, -0.25) is 0 Å². The zero-order valence-corrected chi connectivity index (χ0v) is 12.9. The topological polar surface area (TPSA) is 20.2 Å². The van der Waals surface area contributed by atoms with Gasteiger partial charge in [0, 0.05) is 15.7 Å². The second kappa shape index (κ2) is 5.48. The molecule has 0 saturated heterocycles. The summed E-state index contributed by atoms with van der Waals surface area (Å²) in [6, 6.07) is 14.4. The third-order valence-electron chi connectivity index (χ3n) is 3.46. The first-order chi connectivity index (χ1) is 8.89. The van der Waals surface area contributed by atoms with Gasteiger partial charge in [0.25, 0.3) is 0 Å². The summed E-state index contributed by atoms with van der Waals surface area (Å²) in [5, 5.41) is 10.5. The monoisotopic (exact) mass is 274 g/mol. The van der Waals surface area contributed by atoms with E-state index in [0.29, 0.717) is 0 Å². The van der Waals surface area contributed by atoms with Crippen LogP contribution in [0.25, 0.3) is 0 Å². The maximum atomic E-state index is 10.5. The summed E-state index contributed by atoms with van der Waals surface area (Å²) in [5.74, 6) is 0.118. The Morgan fingerprint density at radius 3 is 2.16 bits per heavy atom. The third kappa shape index (κ3) is 3.26. The lowest BCUT2D eigenvalue weighted by Crippen LogP contribution is -2.08. The van der Waals surface area contributed by atoms with E-state index in [1.807, 2.05) is 18.2 Å². The highest BCUT2D eigenvalue weighted by molar-refractivity contribution is 7.12. The van der Waals surface area contributed by atoms with Crippen molar-refractivity contribution in [2.24, 2.45) is 0 Å². The van der Waals surface area contributed by atoms with Gasteiger partial charge in [0.05, 0.1) is 6.10 Å². The van der Waals surface area contributed by atoms with E-state index < -0.39 is 6.10 Å². The molecule has 19 heavy (non-hydrogen) atoms. The highest BCUT2D eigenvalue weighted by Gasteiger charge is 2.22. The predicted molar refractivity (Wildman–Crippen MR) is 82.8 cm³/mol. The first-order valence-electron chi connectivity index (χ1n) is 6.73. The molecule has 1 nitrogen and oxygen atoms in total. The van der Waals surface area contributed by atoms with E-state index in [1.54, 1.807) is 11.3 Å². The largest absolute Gasteiger partial charge is 0.387 e. The Balaban J connectivity index is 2.20. The molecule has 0 aliphatic heterocycles. The summed E-state index contributed by atoms with van der Waals surface area (Å²) in [6.07, 6.45) is -0.427. The molecule has 2 rings (SSSR count). The lowest BCUT2D eigenvalue weighted by atomic mass is 9.93. The van der Waals surface area contributed by atoms with E-state index in [1.165, 1.54) is 10.4 Å². The number of benzene rings is 1. The van der Waals surface area contributed by atoms with Crippen molar-refractivity contribution in [3.63, 3.8) is 0 Å². The van der Waals surface area contributed by atoms with Crippen LogP contribution in [0.1, 0.15) is 55.0 Å². The van der Waals surface area contributed by atoms with E-state index in [2.05, 4.69) is 52.0 Å². The Hall–Kier alpha value is -1.12. The molecule has 0 bridgehead atoms. The molecule has 102 valence electrons. The standard InChI is InChI=1S/C17H22OS/c1-12(13-8-6-5-7-9-13)16(18)14-10-11-15(19-14)17(2,3)4/h5-12,16,18H,1-4H3. The van der Waals surface area contributed by atoms with Crippen LogP contribution in [0.2, 0.25) is 0 Å². The normalized spacial score (nSPS) is 15.2.